The Labute approximate surface area is 117 Å². The first kappa shape index (κ1) is 16.0. The molecular formula is C12H21F3N2O2S. The van der Waals surface area contributed by atoms with E-state index < -0.39 is 28.7 Å². The van der Waals surface area contributed by atoms with Crippen molar-refractivity contribution in [3.8, 4) is 0 Å². The topological polar surface area (TPSA) is 49.4 Å². The largest absolute Gasteiger partial charge is 0.393 e. The second-order valence-electron chi connectivity index (χ2n) is 5.66. The van der Waals surface area contributed by atoms with Gasteiger partial charge in [0.2, 0.25) is 10.0 Å². The zero-order chi connectivity index (χ0) is 14.8. The van der Waals surface area contributed by atoms with E-state index in [1.165, 1.54) is 0 Å². The van der Waals surface area contributed by atoms with Crippen LogP contribution >= 0.6 is 0 Å². The minimum Gasteiger partial charge on any atom is -0.313 e. The van der Waals surface area contributed by atoms with Gasteiger partial charge in [-0.15, -0.1) is 0 Å². The van der Waals surface area contributed by atoms with Crippen molar-refractivity contribution in [3.63, 3.8) is 0 Å². The molecule has 0 aromatic carbocycles. The molecule has 2 saturated heterocycles. The van der Waals surface area contributed by atoms with Crippen LogP contribution in [0.2, 0.25) is 0 Å². The molecule has 0 bridgehead atoms. The molecule has 0 spiro atoms. The first-order valence-corrected chi connectivity index (χ1v) is 8.68. The second kappa shape index (κ2) is 6.19. The van der Waals surface area contributed by atoms with Crippen LogP contribution in [0.3, 0.4) is 0 Å². The van der Waals surface area contributed by atoms with Gasteiger partial charge in [-0.25, -0.2) is 12.7 Å². The summed E-state index contributed by atoms with van der Waals surface area (Å²) in [4.78, 5) is 0. The Balaban J connectivity index is 1.97. The molecule has 20 heavy (non-hydrogen) atoms. The first-order chi connectivity index (χ1) is 9.29. The maximum Gasteiger partial charge on any atom is 0.393 e. The van der Waals surface area contributed by atoms with Crippen LogP contribution in [0.15, 0.2) is 0 Å². The van der Waals surface area contributed by atoms with Gasteiger partial charge in [-0.2, -0.15) is 13.2 Å². The highest BCUT2D eigenvalue weighted by molar-refractivity contribution is 7.89. The van der Waals surface area contributed by atoms with Crippen LogP contribution < -0.4 is 5.32 Å². The average molecular weight is 314 g/mol. The van der Waals surface area contributed by atoms with Crippen molar-refractivity contribution in [2.75, 3.05) is 25.4 Å². The summed E-state index contributed by atoms with van der Waals surface area (Å²) < 4.78 is 63.7. The fourth-order valence-corrected chi connectivity index (χ4v) is 4.71. The molecule has 2 fully saturated rings. The molecule has 2 aliphatic rings. The van der Waals surface area contributed by atoms with E-state index in [0.717, 1.165) is 30.1 Å². The van der Waals surface area contributed by atoms with Gasteiger partial charge in [-0.05, 0) is 32.2 Å². The summed E-state index contributed by atoms with van der Waals surface area (Å²) in [5.74, 6) is -1.61. The average Bonchev–Trinajstić information content (AvgIpc) is 2.38. The van der Waals surface area contributed by atoms with Crippen molar-refractivity contribution in [1.82, 2.24) is 9.62 Å². The number of halogens is 3. The number of hydrogen-bond acceptors (Lipinski definition) is 3. The molecule has 2 rings (SSSR count). The Bertz CT molecular complexity index is 419. The van der Waals surface area contributed by atoms with E-state index in [1.54, 1.807) is 0 Å². The van der Waals surface area contributed by atoms with Crippen LogP contribution in [-0.2, 0) is 10.0 Å². The Morgan fingerprint density at radius 2 is 1.90 bits per heavy atom. The molecular weight excluding hydrogens is 293 g/mol. The third-order valence-corrected chi connectivity index (χ3v) is 6.01. The first-order valence-electron chi connectivity index (χ1n) is 7.07. The number of nitrogens with one attached hydrogen (secondary N) is 1. The minimum atomic E-state index is -4.31. The van der Waals surface area contributed by atoms with Crippen LogP contribution in [0.5, 0.6) is 0 Å². The molecule has 0 aromatic heterocycles. The molecule has 0 amide bonds. The van der Waals surface area contributed by atoms with E-state index in [2.05, 4.69) is 5.32 Å². The van der Waals surface area contributed by atoms with E-state index in [9.17, 15) is 21.6 Å². The van der Waals surface area contributed by atoms with Crippen LogP contribution in [0.4, 0.5) is 13.2 Å². The van der Waals surface area contributed by atoms with Gasteiger partial charge in [0, 0.05) is 19.1 Å². The van der Waals surface area contributed by atoms with E-state index >= 15 is 0 Å². The van der Waals surface area contributed by atoms with E-state index in [-0.39, 0.29) is 31.2 Å². The van der Waals surface area contributed by atoms with Crippen molar-refractivity contribution in [1.29, 1.82) is 0 Å². The summed E-state index contributed by atoms with van der Waals surface area (Å²) in [7, 11) is -3.61. The zero-order valence-corrected chi connectivity index (χ0v) is 12.1. The molecule has 1 N–H and O–H groups in total. The van der Waals surface area contributed by atoms with Crippen molar-refractivity contribution in [2.24, 2.45) is 5.92 Å². The van der Waals surface area contributed by atoms with Gasteiger partial charge < -0.3 is 5.32 Å². The van der Waals surface area contributed by atoms with Gasteiger partial charge in [-0.1, -0.05) is 6.42 Å². The summed E-state index contributed by atoms with van der Waals surface area (Å²) in [6, 6.07) is -0.125. The van der Waals surface area contributed by atoms with Crippen molar-refractivity contribution < 1.29 is 21.6 Å². The summed E-state index contributed by atoms with van der Waals surface area (Å²) in [5.41, 5.74) is 0. The summed E-state index contributed by atoms with van der Waals surface area (Å²) in [5, 5.41) is 3.13. The van der Waals surface area contributed by atoms with Crippen LogP contribution in [0, 0.1) is 5.92 Å². The predicted octanol–water partition coefficient (Wildman–Crippen LogP) is 1.73. The molecule has 0 radical (unpaired) electrons. The summed E-state index contributed by atoms with van der Waals surface area (Å²) in [6.07, 6.45) is -1.24. The van der Waals surface area contributed by atoms with Gasteiger partial charge in [0.25, 0.3) is 0 Å². The third kappa shape index (κ3) is 4.08. The molecule has 2 heterocycles. The van der Waals surface area contributed by atoms with Gasteiger partial charge in [0.05, 0.1) is 11.7 Å². The lowest BCUT2D eigenvalue weighted by Crippen LogP contribution is -2.49. The maximum atomic E-state index is 12.7. The van der Waals surface area contributed by atoms with Gasteiger partial charge >= 0.3 is 6.18 Å². The van der Waals surface area contributed by atoms with Crippen LogP contribution in [0.25, 0.3) is 0 Å². The van der Waals surface area contributed by atoms with E-state index in [1.807, 2.05) is 0 Å². The standard InChI is InChI=1S/C12H21F3N2O2S/c13-12(14,15)10-4-3-7-17(8-10)20(18,19)9-11-5-1-2-6-16-11/h10-11,16H,1-9H2. The molecule has 2 atom stereocenters. The monoisotopic (exact) mass is 314 g/mol. The SMILES string of the molecule is O=S(=O)(CC1CCCCN1)N1CCCC(C(F)(F)F)C1. The lowest BCUT2D eigenvalue weighted by molar-refractivity contribution is -0.182. The molecule has 0 aromatic rings. The lowest BCUT2D eigenvalue weighted by Gasteiger charge is -2.34. The number of hydrogen-bond donors (Lipinski definition) is 1. The summed E-state index contributed by atoms with van der Waals surface area (Å²) >= 11 is 0. The third-order valence-electron chi connectivity index (χ3n) is 4.06. The van der Waals surface area contributed by atoms with Gasteiger partial charge in [0.1, 0.15) is 0 Å². The maximum absolute atomic E-state index is 12.7. The lowest BCUT2D eigenvalue weighted by atomic mass is 9.99. The Morgan fingerprint density at radius 3 is 2.50 bits per heavy atom. The molecule has 8 heteroatoms. The van der Waals surface area contributed by atoms with Crippen molar-refractivity contribution in [3.05, 3.63) is 0 Å². The minimum absolute atomic E-state index is 0.0250. The Kier molecular flexibility index (Phi) is 4.96. The highest BCUT2D eigenvalue weighted by Crippen LogP contribution is 2.34. The second-order valence-corrected chi connectivity index (χ2v) is 7.68. The highest BCUT2D eigenvalue weighted by atomic mass is 32.2. The van der Waals surface area contributed by atoms with Crippen molar-refractivity contribution >= 4 is 10.0 Å². The van der Waals surface area contributed by atoms with E-state index in [4.69, 9.17) is 0 Å². The summed E-state index contributed by atoms with van der Waals surface area (Å²) in [6.45, 7) is 0.575. The smallest absolute Gasteiger partial charge is 0.313 e. The molecule has 2 unspecified atom stereocenters. The normalized spacial score (nSPS) is 30.4. The van der Waals surface area contributed by atoms with Gasteiger partial charge in [0.15, 0.2) is 0 Å². The fourth-order valence-electron chi connectivity index (χ4n) is 2.89. The number of rotatable bonds is 3. The zero-order valence-electron chi connectivity index (χ0n) is 11.3. The number of piperidine rings is 2. The number of alkyl halides is 3. The quantitative estimate of drug-likeness (QED) is 0.863. The molecule has 2 aliphatic heterocycles. The molecule has 0 aliphatic carbocycles. The molecule has 4 nitrogen and oxygen atoms in total. The molecule has 0 saturated carbocycles. The van der Waals surface area contributed by atoms with Gasteiger partial charge in [-0.3, -0.25) is 0 Å². The van der Waals surface area contributed by atoms with Crippen LogP contribution in [0.1, 0.15) is 32.1 Å². The number of nitrogens with zero attached hydrogens (tertiary/aromatic N) is 1. The molecule has 118 valence electrons. The Morgan fingerprint density at radius 1 is 1.15 bits per heavy atom. The fraction of sp³-hybridized carbons (Fsp3) is 1.00. The Hall–Kier alpha value is -0.340. The van der Waals surface area contributed by atoms with Crippen molar-refractivity contribution in [2.45, 2.75) is 44.3 Å². The van der Waals surface area contributed by atoms with Crippen LogP contribution in [-0.4, -0.2) is 50.3 Å². The van der Waals surface area contributed by atoms with E-state index in [0.29, 0.717) is 0 Å². The predicted molar refractivity (Wildman–Crippen MR) is 69.8 cm³/mol. The highest BCUT2D eigenvalue weighted by Gasteiger charge is 2.44. The number of sulfonamides is 1.